The monoisotopic (exact) mass is 406 g/mol. The van der Waals surface area contributed by atoms with Gasteiger partial charge in [-0.2, -0.15) is 16.1 Å². The van der Waals surface area contributed by atoms with Gasteiger partial charge in [-0.1, -0.05) is 23.2 Å². The van der Waals surface area contributed by atoms with E-state index in [0.29, 0.717) is 6.54 Å². The molecule has 0 bridgehead atoms. The third-order valence-corrected chi connectivity index (χ3v) is 6.29. The minimum absolute atomic E-state index is 0.0444. The van der Waals surface area contributed by atoms with Gasteiger partial charge in [0.25, 0.3) is 0 Å². The van der Waals surface area contributed by atoms with Crippen molar-refractivity contribution in [2.75, 3.05) is 7.05 Å². The summed E-state index contributed by atoms with van der Waals surface area (Å²) in [6, 6.07) is 4.99. The van der Waals surface area contributed by atoms with Gasteiger partial charge in [-0.05, 0) is 47.5 Å². The second-order valence-corrected chi connectivity index (χ2v) is 8.55. The number of likely N-dealkylation sites (N-methyl/N-ethyl adjacent to an activating group) is 1. The van der Waals surface area contributed by atoms with E-state index in [-0.39, 0.29) is 20.8 Å². The standard InChI is InChI=1S/C15H16Cl2N2O3S2/c1-10(15(20)19(2)8-11-5-6-23-9-11)18-24(21,22)12-3-4-13(16)14(17)7-12/h3-7,9-10,18H,8H2,1-2H3/t10-/m1/s1. The van der Waals surface area contributed by atoms with Gasteiger partial charge >= 0.3 is 0 Å². The zero-order valence-electron chi connectivity index (χ0n) is 13.0. The Hall–Kier alpha value is -1.12. The van der Waals surface area contributed by atoms with Crippen LogP contribution in [0, 0.1) is 0 Å². The van der Waals surface area contributed by atoms with Gasteiger partial charge in [0.2, 0.25) is 15.9 Å². The molecule has 1 aromatic carbocycles. The molecular formula is C15H16Cl2N2O3S2. The summed E-state index contributed by atoms with van der Waals surface area (Å²) < 4.78 is 27.1. The minimum atomic E-state index is -3.88. The maximum Gasteiger partial charge on any atom is 0.241 e. The summed E-state index contributed by atoms with van der Waals surface area (Å²) >= 11 is 13.2. The third kappa shape index (κ3) is 4.70. The van der Waals surface area contributed by atoms with Crippen LogP contribution in [0.3, 0.4) is 0 Å². The van der Waals surface area contributed by atoms with Crippen LogP contribution >= 0.6 is 34.5 Å². The Morgan fingerprint density at radius 2 is 2.00 bits per heavy atom. The highest BCUT2D eigenvalue weighted by Gasteiger charge is 2.24. The summed E-state index contributed by atoms with van der Waals surface area (Å²) in [5.74, 6) is -0.329. The van der Waals surface area contributed by atoms with Crippen molar-refractivity contribution in [2.24, 2.45) is 0 Å². The molecule has 0 spiro atoms. The lowest BCUT2D eigenvalue weighted by Gasteiger charge is -2.21. The van der Waals surface area contributed by atoms with Crippen LogP contribution in [0.25, 0.3) is 0 Å². The molecule has 2 aromatic rings. The highest BCUT2D eigenvalue weighted by Crippen LogP contribution is 2.24. The molecule has 0 saturated heterocycles. The van der Waals surface area contributed by atoms with Crippen LogP contribution in [0.15, 0.2) is 39.9 Å². The van der Waals surface area contributed by atoms with Gasteiger partial charge in [-0.25, -0.2) is 8.42 Å². The zero-order chi connectivity index (χ0) is 17.9. The lowest BCUT2D eigenvalue weighted by Crippen LogP contribution is -2.45. The van der Waals surface area contributed by atoms with Gasteiger partial charge in [0, 0.05) is 13.6 Å². The molecule has 1 heterocycles. The van der Waals surface area contributed by atoms with Gasteiger partial charge in [0.15, 0.2) is 0 Å². The van der Waals surface area contributed by atoms with E-state index in [0.717, 1.165) is 5.56 Å². The van der Waals surface area contributed by atoms with Crippen molar-refractivity contribution in [3.05, 3.63) is 50.6 Å². The molecule has 2 rings (SSSR count). The predicted octanol–water partition coefficient (Wildman–Crippen LogP) is 3.38. The number of nitrogens with one attached hydrogen (secondary N) is 1. The Bertz CT molecular complexity index is 823. The van der Waals surface area contributed by atoms with Crippen molar-refractivity contribution in [3.63, 3.8) is 0 Å². The second kappa shape index (κ2) is 7.84. The smallest absolute Gasteiger partial charge is 0.241 e. The lowest BCUT2D eigenvalue weighted by molar-refractivity contribution is -0.131. The zero-order valence-corrected chi connectivity index (χ0v) is 16.1. The fraction of sp³-hybridized carbons (Fsp3) is 0.267. The largest absolute Gasteiger partial charge is 0.340 e. The number of hydrogen-bond acceptors (Lipinski definition) is 4. The Labute approximate surface area is 155 Å². The predicted molar refractivity (Wildman–Crippen MR) is 97.0 cm³/mol. The Morgan fingerprint density at radius 1 is 1.29 bits per heavy atom. The average Bonchev–Trinajstić information content (AvgIpc) is 3.01. The van der Waals surface area contributed by atoms with Crippen molar-refractivity contribution >= 4 is 50.5 Å². The first-order chi connectivity index (χ1) is 11.2. The van der Waals surface area contributed by atoms with Crippen LogP contribution < -0.4 is 4.72 Å². The molecule has 0 saturated carbocycles. The minimum Gasteiger partial charge on any atom is -0.340 e. The first kappa shape index (κ1) is 19.2. The van der Waals surface area contributed by atoms with Crippen molar-refractivity contribution in [1.29, 1.82) is 0 Å². The van der Waals surface area contributed by atoms with Crippen molar-refractivity contribution in [3.8, 4) is 0 Å². The lowest BCUT2D eigenvalue weighted by atomic mass is 10.2. The number of carbonyl (C=O) groups is 1. The molecule has 24 heavy (non-hydrogen) atoms. The number of rotatable bonds is 6. The number of nitrogens with zero attached hydrogens (tertiary/aromatic N) is 1. The second-order valence-electron chi connectivity index (χ2n) is 5.24. The number of amides is 1. The van der Waals surface area contributed by atoms with Gasteiger partial charge in [0.05, 0.1) is 21.0 Å². The van der Waals surface area contributed by atoms with Crippen molar-refractivity contribution in [1.82, 2.24) is 9.62 Å². The summed E-state index contributed by atoms with van der Waals surface area (Å²) in [4.78, 5) is 13.8. The van der Waals surface area contributed by atoms with E-state index in [1.807, 2.05) is 16.8 Å². The SMILES string of the molecule is C[C@@H](NS(=O)(=O)c1ccc(Cl)c(Cl)c1)C(=O)N(C)Cc1ccsc1. The topological polar surface area (TPSA) is 66.5 Å². The van der Waals surface area contributed by atoms with Gasteiger partial charge in [-0.15, -0.1) is 0 Å². The van der Waals surface area contributed by atoms with Crippen LogP contribution in [0.1, 0.15) is 12.5 Å². The first-order valence-electron chi connectivity index (χ1n) is 6.94. The molecule has 0 unspecified atom stereocenters. The fourth-order valence-electron chi connectivity index (χ4n) is 2.06. The summed E-state index contributed by atoms with van der Waals surface area (Å²) in [6.07, 6.45) is 0. The fourth-order valence-corrected chi connectivity index (χ4v) is 4.31. The van der Waals surface area contributed by atoms with Crippen LogP contribution in [-0.4, -0.2) is 32.3 Å². The van der Waals surface area contributed by atoms with E-state index in [4.69, 9.17) is 23.2 Å². The molecule has 1 aromatic heterocycles. The normalized spacial score (nSPS) is 12.8. The van der Waals surface area contributed by atoms with E-state index >= 15 is 0 Å². The van der Waals surface area contributed by atoms with E-state index < -0.39 is 16.1 Å². The number of carbonyl (C=O) groups excluding carboxylic acids is 1. The molecule has 130 valence electrons. The highest BCUT2D eigenvalue weighted by molar-refractivity contribution is 7.89. The summed E-state index contributed by atoms with van der Waals surface area (Å²) in [5, 5.41) is 4.25. The molecule has 5 nitrogen and oxygen atoms in total. The van der Waals surface area contributed by atoms with Gasteiger partial charge in [-0.3, -0.25) is 4.79 Å². The molecule has 0 fully saturated rings. The molecule has 0 aliphatic rings. The Morgan fingerprint density at radius 3 is 2.58 bits per heavy atom. The quantitative estimate of drug-likeness (QED) is 0.799. The number of sulfonamides is 1. The van der Waals surface area contributed by atoms with Crippen LogP contribution in [-0.2, 0) is 21.4 Å². The van der Waals surface area contributed by atoms with Gasteiger partial charge in [0.1, 0.15) is 0 Å². The first-order valence-corrected chi connectivity index (χ1v) is 10.1. The summed E-state index contributed by atoms with van der Waals surface area (Å²) in [7, 11) is -2.25. The van der Waals surface area contributed by atoms with E-state index in [1.54, 1.807) is 7.05 Å². The molecule has 1 N–H and O–H groups in total. The highest BCUT2D eigenvalue weighted by atomic mass is 35.5. The molecule has 0 aliphatic carbocycles. The van der Waals surface area contributed by atoms with Crippen LogP contribution in [0.5, 0.6) is 0 Å². The van der Waals surface area contributed by atoms with Crippen molar-refractivity contribution < 1.29 is 13.2 Å². The maximum atomic E-state index is 12.4. The van der Waals surface area contributed by atoms with Crippen LogP contribution in [0.2, 0.25) is 10.0 Å². The number of thiophene rings is 1. The molecular weight excluding hydrogens is 391 g/mol. The number of halogens is 2. The molecule has 1 atom stereocenters. The number of benzene rings is 1. The Balaban J connectivity index is 2.07. The average molecular weight is 407 g/mol. The molecule has 0 aliphatic heterocycles. The molecule has 0 radical (unpaired) electrons. The molecule has 1 amide bonds. The Kier molecular flexibility index (Phi) is 6.28. The van der Waals surface area contributed by atoms with E-state index in [2.05, 4.69) is 4.72 Å². The van der Waals surface area contributed by atoms with Crippen LogP contribution in [0.4, 0.5) is 0 Å². The van der Waals surface area contributed by atoms with E-state index in [9.17, 15) is 13.2 Å². The summed E-state index contributed by atoms with van der Waals surface area (Å²) in [5.41, 5.74) is 0.996. The summed E-state index contributed by atoms with van der Waals surface area (Å²) in [6.45, 7) is 1.92. The van der Waals surface area contributed by atoms with Crippen molar-refractivity contribution in [2.45, 2.75) is 24.4 Å². The molecule has 9 heteroatoms. The maximum absolute atomic E-state index is 12.4. The van der Waals surface area contributed by atoms with E-state index in [1.165, 1.54) is 41.4 Å². The number of hydrogen-bond donors (Lipinski definition) is 1. The van der Waals surface area contributed by atoms with Gasteiger partial charge < -0.3 is 4.90 Å². The third-order valence-electron chi connectivity index (χ3n) is 3.28.